The lowest BCUT2D eigenvalue weighted by atomic mass is 9.85. The second-order valence-corrected chi connectivity index (χ2v) is 4.19. The van der Waals surface area contributed by atoms with E-state index in [4.69, 9.17) is 10.2 Å². The third-order valence-electron chi connectivity index (χ3n) is 3.12. The maximum Gasteiger partial charge on any atom is 0.352 e. The van der Waals surface area contributed by atoms with Crippen LogP contribution >= 0.6 is 0 Å². The molecule has 1 fully saturated rings. The van der Waals surface area contributed by atoms with E-state index in [1.807, 2.05) is 6.92 Å². The van der Waals surface area contributed by atoms with E-state index in [-0.39, 0.29) is 30.2 Å². The largest absolute Gasteiger partial charge is 0.477 e. The summed E-state index contributed by atoms with van der Waals surface area (Å²) < 4.78 is 0. The highest BCUT2D eigenvalue weighted by atomic mass is 16.4. The van der Waals surface area contributed by atoms with Gasteiger partial charge in [0.05, 0.1) is 12.6 Å². The maximum atomic E-state index is 11.8. The zero-order chi connectivity index (χ0) is 12.0. The Morgan fingerprint density at radius 3 is 2.69 bits per heavy atom. The molecule has 0 bridgehead atoms. The number of aliphatic carboxylic acids is 1. The Bertz CT molecular complexity index is 435. The van der Waals surface area contributed by atoms with E-state index >= 15 is 0 Å². The first kappa shape index (κ1) is 10.9. The van der Waals surface area contributed by atoms with Gasteiger partial charge >= 0.3 is 5.97 Å². The van der Waals surface area contributed by atoms with Crippen molar-refractivity contribution in [1.82, 2.24) is 4.90 Å². The summed E-state index contributed by atoms with van der Waals surface area (Å²) in [6.45, 7) is 3.39. The standard InChI is InChI=1S/C11H13NO4/c1-5-3-7(11(15)16)12-9(5)8(10(12)14)6(2)4-13/h3,5,9,13H,4H2,1-2H3,(H,15,16)/b8-6+/t5-,9+/m1/s1. The fourth-order valence-corrected chi connectivity index (χ4v) is 2.32. The molecule has 5 heteroatoms. The minimum atomic E-state index is -1.08. The number of hydrogen-bond acceptors (Lipinski definition) is 3. The van der Waals surface area contributed by atoms with Crippen molar-refractivity contribution >= 4 is 11.9 Å². The molecule has 5 nitrogen and oxygen atoms in total. The van der Waals surface area contributed by atoms with Crippen LogP contribution in [0.2, 0.25) is 0 Å². The first-order valence-electron chi connectivity index (χ1n) is 5.08. The van der Waals surface area contributed by atoms with Crippen LogP contribution in [0.5, 0.6) is 0 Å². The average molecular weight is 223 g/mol. The fourth-order valence-electron chi connectivity index (χ4n) is 2.32. The molecule has 0 aromatic carbocycles. The number of aliphatic hydroxyl groups is 1. The topological polar surface area (TPSA) is 77.8 Å². The van der Waals surface area contributed by atoms with E-state index < -0.39 is 5.97 Å². The third-order valence-corrected chi connectivity index (χ3v) is 3.12. The van der Waals surface area contributed by atoms with Gasteiger partial charge in [0.1, 0.15) is 5.70 Å². The molecule has 0 radical (unpaired) electrons. The van der Waals surface area contributed by atoms with Crippen molar-refractivity contribution in [2.75, 3.05) is 6.61 Å². The molecule has 1 amide bonds. The number of aliphatic hydroxyl groups excluding tert-OH is 1. The zero-order valence-electron chi connectivity index (χ0n) is 9.10. The molecule has 86 valence electrons. The predicted molar refractivity (Wildman–Crippen MR) is 55.3 cm³/mol. The van der Waals surface area contributed by atoms with E-state index in [0.717, 1.165) is 0 Å². The van der Waals surface area contributed by atoms with Gasteiger partial charge in [0.2, 0.25) is 0 Å². The molecule has 2 aliphatic rings. The highest BCUT2D eigenvalue weighted by Crippen LogP contribution is 2.42. The maximum absolute atomic E-state index is 11.8. The summed E-state index contributed by atoms with van der Waals surface area (Å²) >= 11 is 0. The van der Waals surface area contributed by atoms with Gasteiger partial charge in [-0.15, -0.1) is 0 Å². The van der Waals surface area contributed by atoms with Crippen LogP contribution in [-0.4, -0.2) is 39.6 Å². The van der Waals surface area contributed by atoms with Gasteiger partial charge in [-0.3, -0.25) is 9.69 Å². The Morgan fingerprint density at radius 1 is 1.56 bits per heavy atom. The van der Waals surface area contributed by atoms with Gasteiger partial charge in [0.25, 0.3) is 5.91 Å². The molecule has 0 aromatic rings. The molecule has 2 atom stereocenters. The molecule has 2 aliphatic heterocycles. The van der Waals surface area contributed by atoms with Gasteiger partial charge < -0.3 is 10.2 Å². The van der Waals surface area contributed by atoms with Gasteiger partial charge in [-0.05, 0) is 18.6 Å². The Balaban J connectivity index is 2.36. The molecule has 0 unspecified atom stereocenters. The van der Waals surface area contributed by atoms with Crippen LogP contribution in [0.15, 0.2) is 22.9 Å². The molecule has 2 N–H and O–H groups in total. The van der Waals surface area contributed by atoms with Crippen LogP contribution in [0.25, 0.3) is 0 Å². The SMILES string of the molecule is C/C(CO)=C1\C(=O)N2C(C(=O)O)=C[C@@H](C)[C@@H]12. The number of rotatable bonds is 2. The van der Waals surface area contributed by atoms with Crippen LogP contribution in [-0.2, 0) is 9.59 Å². The summed E-state index contributed by atoms with van der Waals surface area (Å²) in [5, 5.41) is 17.9. The molecule has 2 rings (SSSR count). The second kappa shape index (κ2) is 3.45. The van der Waals surface area contributed by atoms with Crippen LogP contribution in [0.3, 0.4) is 0 Å². The number of β-lactam (4-membered cyclic amide) rings is 1. The number of carboxylic acids is 1. The van der Waals surface area contributed by atoms with Gasteiger partial charge in [0, 0.05) is 11.5 Å². The van der Waals surface area contributed by atoms with Crippen LogP contribution < -0.4 is 0 Å². The minimum absolute atomic E-state index is 0.0136. The summed E-state index contributed by atoms with van der Waals surface area (Å²) in [5.41, 5.74) is 1.23. The van der Waals surface area contributed by atoms with Crippen molar-refractivity contribution in [2.45, 2.75) is 19.9 Å². The number of hydrogen-bond donors (Lipinski definition) is 2. The fraction of sp³-hybridized carbons (Fsp3) is 0.455. The first-order chi connectivity index (χ1) is 7.49. The Kier molecular flexibility index (Phi) is 2.35. The van der Waals surface area contributed by atoms with E-state index in [1.165, 1.54) is 4.90 Å². The summed E-state index contributed by atoms with van der Waals surface area (Å²) in [7, 11) is 0. The number of carbonyl (C=O) groups excluding carboxylic acids is 1. The van der Waals surface area contributed by atoms with E-state index in [0.29, 0.717) is 11.1 Å². The normalized spacial score (nSPS) is 30.8. The highest BCUT2D eigenvalue weighted by molar-refractivity contribution is 6.09. The van der Waals surface area contributed by atoms with Gasteiger partial charge in [-0.1, -0.05) is 6.92 Å². The minimum Gasteiger partial charge on any atom is -0.477 e. The quantitative estimate of drug-likeness (QED) is 0.515. The second-order valence-electron chi connectivity index (χ2n) is 4.19. The number of nitrogens with zero attached hydrogens (tertiary/aromatic N) is 1. The molecule has 2 heterocycles. The van der Waals surface area contributed by atoms with Crippen LogP contribution in [0.4, 0.5) is 0 Å². The van der Waals surface area contributed by atoms with Crippen molar-refractivity contribution in [3.63, 3.8) is 0 Å². The lowest BCUT2D eigenvalue weighted by Crippen LogP contribution is -2.55. The van der Waals surface area contributed by atoms with E-state index in [1.54, 1.807) is 13.0 Å². The van der Waals surface area contributed by atoms with Gasteiger partial charge in [-0.25, -0.2) is 4.79 Å². The number of carboxylic acid groups (broad SMARTS) is 1. The molecule has 1 saturated heterocycles. The number of amides is 1. The summed E-state index contributed by atoms with van der Waals surface area (Å²) in [6, 6.07) is -0.203. The molecule has 0 aromatic heterocycles. The Morgan fingerprint density at radius 2 is 2.19 bits per heavy atom. The molecule has 0 spiro atoms. The number of fused-ring (bicyclic) bond motifs is 1. The van der Waals surface area contributed by atoms with E-state index in [2.05, 4.69) is 0 Å². The lowest BCUT2D eigenvalue weighted by molar-refractivity contribution is -0.142. The summed E-state index contributed by atoms with van der Waals surface area (Å²) in [4.78, 5) is 24.0. The monoisotopic (exact) mass is 223 g/mol. The molecular weight excluding hydrogens is 210 g/mol. The average Bonchev–Trinajstić information content (AvgIpc) is 2.52. The lowest BCUT2D eigenvalue weighted by Gasteiger charge is -2.41. The molecular formula is C11H13NO4. The van der Waals surface area contributed by atoms with Gasteiger partial charge in [0.15, 0.2) is 0 Å². The number of carbonyl (C=O) groups is 2. The van der Waals surface area contributed by atoms with Gasteiger partial charge in [-0.2, -0.15) is 0 Å². The zero-order valence-corrected chi connectivity index (χ0v) is 9.10. The Labute approximate surface area is 92.7 Å². The first-order valence-corrected chi connectivity index (χ1v) is 5.08. The highest BCUT2D eigenvalue weighted by Gasteiger charge is 2.52. The summed E-state index contributed by atoms with van der Waals surface area (Å²) in [6.07, 6.45) is 1.59. The Hall–Kier alpha value is -1.62. The van der Waals surface area contributed by atoms with Crippen LogP contribution in [0.1, 0.15) is 13.8 Å². The molecule has 0 aliphatic carbocycles. The van der Waals surface area contributed by atoms with Crippen molar-refractivity contribution in [2.24, 2.45) is 5.92 Å². The smallest absolute Gasteiger partial charge is 0.352 e. The molecule has 16 heavy (non-hydrogen) atoms. The van der Waals surface area contributed by atoms with Crippen molar-refractivity contribution in [1.29, 1.82) is 0 Å². The van der Waals surface area contributed by atoms with Crippen molar-refractivity contribution < 1.29 is 19.8 Å². The predicted octanol–water partition coefficient (Wildman–Crippen LogP) is 0.124. The summed E-state index contributed by atoms with van der Waals surface area (Å²) in [5.74, 6) is -1.39. The van der Waals surface area contributed by atoms with E-state index in [9.17, 15) is 9.59 Å². The third kappa shape index (κ3) is 1.21. The van der Waals surface area contributed by atoms with Crippen molar-refractivity contribution in [3.05, 3.63) is 22.9 Å². The van der Waals surface area contributed by atoms with Crippen molar-refractivity contribution in [3.8, 4) is 0 Å². The van der Waals surface area contributed by atoms with Crippen LogP contribution in [0, 0.1) is 5.92 Å². The molecule has 0 saturated carbocycles.